The highest BCUT2D eigenvalue weighted by Gasteiger charge is 2.11. The molecule has 3 heteroatoms. The van der Waals surface area contributed by atoms with Crippen LogP contribution in [0.2, 0.25) is 0 Å². The van der Waals surface area contributed by atoms with Gasteiger partial charge in [0.2, 0.25) is 0 Å². The van der Waals surface area contributed by atoms with Gasteiger partial charge in [-0.25, -0.2) is 0 Å². The molecule has 0 atom stereocenters. The largest absolute Gasteiger partial charge is 0.466 e. The van der Waals surface area contributed by atoms with Gasteiger partial charge in [0, 0.05) is 18.4 Å². The lowest BCUT2D eigenvalue weighted by molar-refractivity contribution is -0.142. The summed E-state index contributed by atoms with van der Waals surface area (Å²) in [6, 6.07) is 10.5. The molecule has 0 N–H and O–H groups in total. The van der Waals surface area contributed by atoms with Crippen LogP contribution in [0.15, 0.2) is 30.3 Å². The Morgan fingerprint density at radius 3 is 2.55 bits per heavy atom. The Labute approximate surface area is 120 Å². The lowest BCUT2D eigenvalue weighted by Gasteiger charge is -2.09. The van der Waals surface area contributed by atoms with Crippen molar-refractivity contribution < 1.29 is 9.53 Å². The minimum atomic E-state index is -0.180. The number of benzene rings is 1. The van der Waals surface area contributed by atoms with Crippen molar-refractivity contribution in [3.05, 3.63) is 47.2 Å². The number of nitrogens with zero attached hydrogens (tertiary/aromatic N) is 1. The Bertz CT molecular complexity index is 626. The number of esters is 1. The number of carbonyl (C=O) groups is 1. The molecule has 106 valence electrons. The Morgan fingerprint density at radius 1 is 1.15 bits per heavy atom. The minimum absolute atomic E-state index is 0.180. The average Bonchev–Trinajstić information content (AvgIpc) is 2.75. The molecule has 0 aliphatic heterocycles. The van der Waals surface area contributed by atoms with Gasteiger partial charge in [0.1, 0.15) is 0 Å². The van der Waals surface area contributed by atoms with Crippen LogP contribution in [0, 0.1) is 13.8 Å². The number of aryl methyl sites for hydroxylation is 2. The van der Waals surface area contributed by atoms with Crippen LogP contribution in [0.4, 0.5) is 0 Å². The second kappa shape index (κ2) is 5.95. The SMILES string of the molecule is CCOC(=O)Cc1ccc(-c2ccc(C)c(C)c2)n1C. The van der Waals surface area contributed by atoms with Crippen molar-refractivity contribution in [2.75, 3.05) is 6.61 Å². The third-order valence-electron chi connectivity index (χ3n) is 3.66. The van der Waals surface area contributed by atoms with Crippen LogP contribution in [-0.4, -0.2) is 17.1 Å². The second-order valence-corrected chi connectivity index (χ2v) is 5.05. The van der Waals surface area contributed by atoms with Gasteiger partial charge in [-0.3, -0.25) is 4.79 Å². The summed E-state index contributed by atoms with van der Waals surface area (Å²) in [5.74, 6) is -0.180. The van der Waals surface area contributed by atoms with Crippen LogP contribution in [0.3, 0.4) is 0 Å². The summed E-state index contributed by atoms with van der Waals surface area (Å²) in [5, 5.41) is 0. The molecule has 0 radical (unpaired) electrons. The molecule has 0 amide bonds. The van der Waals surface area contributed by atoms with E-state index in [1.807, 2.05) is 20.0 Å². The van der Waals surface area contributed by atoms with Gasteiger partial charge in [-0.2, -0.15) is 0 Å². The zero-order valence-corrected chi connectivity index (χ0v) is 12.6. The predicted molar refractivity (Wildman–Crippen MR) is 80.7 cm³/mol. The van der Waals surface area contributed by atoms with Gasteiger partial charge < -0.3 is 9.30 Å². The molecule has 0 aliphatic rings. The first-order valence-corrected chi connectivity index (χ1v) is 6.90. The standard InChI is InChI=1S/C17H21NO2/c1-5-20-17(19)11-15-8-9-16(18(15)4)14-7-6-12(2)13(3)10-14/h6-10H,5,11H2,1-4H3. The van der Waals surface area contributed by atoms with Gasteiger partial charge in [0.15, 0.2) is 0 Å². The van der Waals surface area contributed by atoms with Crippen LogP contribution in [0.25, 0.3) is 11.3 Å². The van der Waals surface area contributed by atoms with Crippen molar-refractivity contribution in [1.29, 1.82) is 0 Å². The fourth-order valence-electron chi connectivity index (χ4n) is 2.28. The summed E-state index contributed by atoms with van der Waals surface area (Å²) in [4.78, 5) is 11.6. The molecule has 0 unspecified atom stereocenters. The summed E-state index contributed by atoms with van der Waals surface area (Å²) >= 11 is 0. The Hall–Kier alpha value is -2.03. The summed E-state index contributed by atoms with van der Waals surface area (Å²) in [6.45, 7) is 6.47. The normalized spacial score (nSPS) is 10.6. The number of carbonyl (C=O) groups excluding carboxylic acids is 1. The number of ether oxygens (including phenoxy) is 1. The molecule has 3 nitrogen and oxygen atoms in total. The molecule has 1 heterocycles. The smallest absolute Gasteiger partial charge is 0.311 e. The van der Waals surface area contributed by atoms with Gasteiger partial charge in [-0.15, -0.1) is 0 Å². The molecular weight excluding hydrogens is 250 g/mol. The van der Waals surface area contributed by atoms with E-state index in [2.05, 4.69) is 42.7 Å². The highest BCUT2D eigenvalue weighted by Crippen LogP contribution is 2.24. The maximum Gasteiger partial charge on any atom is 0.311 e. The molecular formula is C17H21NO2. The van der Waals surface area contributed by atoms with Crippen LogP contribution in [0.5, 0.6) is 0 Å². The molecule has 0 bridgehead atoms. The summed E-state index contributed by atoms with van der Waals surface area (Å²) in [6.07, 6.45) is 0.315. The average molecular weight is 271 g/mol. The van der Waals surface area contributed by atoms with E-state index >= 15 is 0 Å². The van der Waals surface area contributed by atoms with Crippen molar-refractivity contribution in [3.8, 4) is 11.3 Å². The lowest BCUT2D eigenvalue weighted by atomic mass is 10.0. The highest BCUT2D eigenvalue weighted by molar-refractivity contribution is 5.73. The number of aromatic nitrogens is 1. The van der Waals surface area contributed by atoms with E-state index < -0.39 is 0 Å². The fraction of sp³-hybridized carbons (Fsp3) is 0.353. The number of rotatable bonds is 4. The molecule has 1 aromatic heterocycles. The zero-order chi connectivity index (χ0) is 14.7. The van der Waals surface area contributed by atoms with Crippen molar-refractivity contribution in [3.63, 3.8) is 0 Å². The van der Waals surface area contributed by atoms with Crippen LogP contribution < -0.4 is 0 Å². The Morgan fingerprint density at radius 2 is 1.90 bits per heavy atom. The zero-order valence-electron chi connectivity index (χ0n) is 12.6. The molecule has 1 aromatic carbocycles. The molecule has 0 saturated carbocycles. The molecule has 0 spiro atoms. The van der Waals surface area contributed by atoms with Gasteiger partial charge in [0.25, 0.3) is 0 Å². The van der Waals surface area contributed by atoms with Crippen molar-refractivity contribution >= 4 is 5.97 Å². The molecule has 2 aromatic rings. The van der Waals surface area contributed by atoms with E-state index in [1.165, 1.54) is 16.7 Å². The van der Waals surface area contributed by atoms with E-state index in [1.54, 1.807) is 0 Å². The van der Waals surface area contributed by atoms with E-state index in [0.717, 1.165) is 11.4 Å². The van der Waals surface area contributed by atoms with Gasteiger partial charge >= 0.3 is 5.97 Å². The van der Waals surface area contributed by atoms with Gasteiger partial charge in [-0.1, -0.05) is 12.1 Å². The van der Waals surface area contributed by atoms with E-state index in [4.69, 9.17) is 4.74 Å². The van der Waals surface area contributed by atoms with E-state index in [-0.39, 0.29) is 5.97 Å². The Kier molecular flexibility index (Phi) is 4.28. The molecule has 2 rings (SSSR count). The number of hydrogen-bond acceptors (Lipinski definition) is 2. The highest BCUT2D eigenvalue weighted by atomic mass is 16.5. The lowest BCUT2D eigenvalue weighted by Crippen LogP contribution is -2.10. The third kappa shape index (κ3) is 2.93. The predicted octanol–water partition coefficient (Wildman–Crippen LogP) is 3.41. The van der Waals surface area contributed by atoms with E-state index in [0.29, 0.717) is 13.0 Å². The van der Waals surface area contributed by atoms with Gasteiger partial charge in [-0.05, 0) is 55.7 Å². The van der Waals surface area contributed by atoms with Crippen LogP contribution >= 0.6 is 0 Å². The molecule has 0 aliphatic carbocycles. The molecule has 0 saturated heterocycles. The molecule has 0 fully saturated rings. The first-order chi connectivity index (χ1) is 9.52. The Balaban J connectivity index is 2.28. The second-order valence-electron chi connectivity index (χ2n) is 5.05. The number of hydrogen-bond donors (Lipinski definition) is 0. The van der Waals surface area contributed by atoms with Crippen molar-refractivity contribution in [2.24, 2.45) is 7.05 Å². The monoisotopic (exact) mass is 271 g/mol. The van der Waals surface area contributed by atoms with E-state index in [9.17, 15) is 4.79 Å². The first-order valence-electron chi connectivity index (χ1n) is 6.90. The minimum Gasteiger partial charge on any atom is -0.466 e. The summed E-state index contributed by atoms with van der Waals surface area (Å²) in [7, 11) is 1.99. The molecule has 20 heavy (non-hydrogen) atoms. The van der Waals surface area contributed by atoms with Crippen LogP contribution in [0.1, 0.15) is 23.7 Å². The maximum absolute atomic E-state index is 11.6. The van der Waals surface area contributed by atoms with Crippen LogP contribution in [-0.2, 0) is 23.0 Å². The topological polar surface area (TPSA) is 31.2 Å². The maximum atomic E-state index is 11.6. The summed E-state index contributed by atoms with van der Waals surface area (Å²) in [5.41, 5.74) is 5.82. The fourth-order valence-corrected chi connectivity index (χ4v) is 2.28. The van der Waals surface area contributed by atoms with Gasteiger partial charge in [0.05, 0.1) is 13.0 Å². The third-order valence-corrected chi connectivity index (χ3v) is 3.66. The van der Waals surface area contributed by atoms with Crippen molar-refractivity contribution in [1.82, 2.24) is 4.57 Å². The summed E-state index contributed by atoms with van der Waals surface area (Å²) < 4.78 is 7.05. The first kappa shape index (κ1) is 14.4. The quantitative estimate of drug-likeness (QED) is 0.798. The van der Waals surface area contributed by atoms with Crippen molar-refractivity contribution in [2.45, 2.75) is 27.2 Å².